The van der Waals surface area contributed by atoms with Crippen LogP contribution in [0.3, 0.4) is 0 Å². The molecule has 5 heteroatoms. The molecular weight excluding hydrogens is 286 g/mol. The number of halogens is 1. The number of benzene rings is 1. The number of anilines is 1. The van der Waals surface area contributed by atoms with Crippen LogP contribution in [0.5, 0.6) is 0 Å². The smallest absolute Gasteiger partial charge is 0.338 e. The molecule has 4 nitrogen and oxygen atoms in total. The Kier molecular flexibility index (Phi) is 6.00. The number of nitrogen functional groups attached to an aromatic ring is 1. The van der Waals surface area contributed by atoms with Crippen molar-refractivity contribution in [2.45, 2.75) is 19.3 Å². The van der Waals surface area contributed by atoms with Crippen LogP contribution in [0.2, 0.25) is 0 Å². The highest BCUT2D eigenvalue weighted by molar-refractivity contribution is 9.10. The predicted molar refractivity (Wildman–Crippen MR) is 69.8 cm³/mol. The molecule has 0 radical (unpaired) electrons. The fourth-order valence-electron chi connectivity index (χ4n) is 1.31. The van der Waals surface area contributed by atoms with Gasteiger partial charge in [-0.1, -0.05) is 0 Å². The van der Waals surface area contributed by atoms with E-state index >= 15 is 0 Å². The number of hydrogen-bond acceptors (Lipinski definition) is 4. The molecule has 1 rings (SSSR count). The topological polar surface area (TPSA) is 72.6 Å². The Morgan fingerprint density at radius 2 is 2.12 bits per heavy atom. The molecule has 0 aliphatic rings. The predicted octanol–water partition coefficient (Wildman–Crippen LogP) is 2.35. The van der Waals surface area contributed by atoms with Gasteiger partial charge in [-0.3, -0.25) is 0 Å². The Balaban J connectivity index is 2.39. The largest absolute Gasteiger partial charge is 0.462 e. The Morgan fingerprint density at radius 3 is 2.76 bits per heavy atom. The molecule has 0 heterocycles. The summed E-state index contributed by atoms with van der Waals surface area (Å²) < 4.78 is 5.84. The monoisotopic (exact) mass is 301 g/mol. The molecular formula is C12H16BrNO3. The maximum absolute atomic E-state index is 11.6. The van der Waals surface area contributed by atoms with Crippen LogP contribution >= 0.6 is 15.9 Å². The van der Waals surface area contributed by atoms with Gasteiger partial charge < -0.3 is 15.6 Å². The summed E-state index contributed by atoms with van der Waals surface area (Å²) in [5.74, 6) is -0.367. The third-order valence-electron chi connectivity index (χ3n) is 2.27. The minimum Gasteiger partial charge on any atom is -0.462 e. The lowest BCUT2D eigenvalue weighted by Crippen LogP contribution is -2.07. The maximum Gasteiger partial charge on any atom is 0.338 e. The van der Waals surface area contributed by atoms with Crippen molar-refractivity contribution in [2.24, 2.45) is 0 Å². The number of carbonyl (C=O) groups is 1. The molecule has 0 spiro atoms. The maximum atomic E-state index is 11.6. The van der Waals surface area contributed by atoms with E-state index in [9.17, 15) is 4.79 Å². The fraction of sp³-hybridized carbons (Fsp3) is 0.417. The highest BCUT2D eigenvalue weighted by atomic mass is 79.9. The molecule has 1 aromatic rings. The molecule has 0 saturated carbocycles. The van der Waals surface area contributed by atoms with Crippen LogP contribution < -0.4 is 5.73 Å². The quantitative estimate of drug-likeness (QED) is 0.480. The highest BCUT2D eigenvalue weighted by Crippen LogP contribution is 2.20. The third kappa shape index (κ3) is 4.75. The van der Waals surface area contributed by atoms with E-state index in [0.717, 1.165) is 23.7 Å². The van der Waals surface area contributed by atoms with Gasteiger partial charge in [0.1, 0.15) is 0 Å². The van der Waals surface area contributed by atoms with Crippen molar-refractivity contribution in [3.63, 3.8) is 0 Å². The fourth-order valence-corrected chi connectivity index (χ4v) is 1.56. The summed E-state index contributed by atoms with van der Waals surface area (Å²) >= 11 is 3.26. The molecule has 0 fully saturated rings. The Hall–Kier alpha value is -1.07. The second-order valence-electron chi connectivity index (χ2n) is 3.66. The van der Waals surface area contributed by atoms with Crippen LogP contribution in [0, 0.1) is 0 Å². The average molecular weight is 302 g/mol. The summed E-state index contributed by atoms with van der Waals surface area (Å²) in [4.78, 5) is 11.6. The number of esters is 1. The van der Waals surface area contributed by atoms with E-state index in [4.69, 9.17) is 15.6 Å². The zero-order valence-electron chi connectivity index (χ0n) is 9.49. The lowest BCUT2D eigenvalue weighted by molar-refractivity contribution is 0.0497. The third-order valence-corrected chi connectivity index (χ3v) is 2.99. The van der Waals surface area contributed by atoms with Gasteiger partial charge in [0, 0.05) is 16.8 Å². The molecule has 17 heavy (non-hydrogen) atoms. The molecule has 0 aliphatic carbocycles. The summed E-state index contributed by atoms with van der Waals surface area (Å²) in [5.41, 5.74) is 6.64. The van der Waals surface area contributed by atoms with Crippen molar-refractivity contribution in [3.8, 4) is 0 Å². The first-order chi connectivity index (χ1) is 8.15. The lowest BCUT2D eigenvalue weighted by Gasteiger charge is -2.05. The second-order valence-corrected chi connectivity index (χ2v) is 4.51. The van der Waals surface area contributed by atoms with Gasteiger partial charge in [-0.15, -0.1) is 0 Å². The lowest BCUT2D eigenvalue weighted by atomic mass is 10.2. The van der Waals surface area contributed by atoms with Crippen LogP contribution in [0.25, 0.3) is 0 Å². The molecule has 0 saturated heterocycles. The van der Waals surface area contributed by atoms with E-state index in [1.165, 1.54) is 0 Å². The van der Waals surface area contributed by atoms with Crippen LogP contribution in [0.1, 0.15) is 29.6 Å². The first kappa shape index (κ1) is 14.0. The van der Waals surface area contributed by atoms with Crippen molar-refractivity contribution in [1.82, 2.24) is 0 Å². The standard InChI is InChI=1S/C12H16BrNO3/c13-10-5-4-9(8-11(10)14)12(16)17-7-3-1-2-6-15/h4-5,8,15H,1-3,6-7,14H2. The molecule has 0 bridgehead atoms. The minimum atomic E-state index is -0.367. The SMILES string of the molecule is Nc1cc(C(=O)OCCCCCO)ccc1Br. The number of carbonyl (C=O) groups excluding carboxylic acids is 1. The van der Waals surface area contributed by atoms with Gasteiger partial charge in [0.25, 0.3) is 0 Å². The van der Waals surface area contributed by atoms with Crippen molar-refractivity contribution in [1.29, 1.82) is 0 Å². The van der Waals surface area contributed by atoms with Crippen LogP contribution in [-0.2, 0) is 4.74 Å². The summed E-state index contributed by atoms with van der Waals surface area (Å²) in [6.07, 6.45) is 2.35. The number of aliphatic hydroxyl groups excluding tert-OH is 1. The normalized spacial score (nSPS) is 10.2. The number of hydrogen-bond donors (Lipinski definition) is 2. The van der Waals surface area contributed by atoms with Crippen molar-refractivity contribution in [2.75, 3.05) is 18.9 Å². The van der Waals surface area contributed by atoms with Gasteiger partial charge in [0.15, 0.2) is 0 Å². The molecule has 0 amide bonds. The number of unbranched alkanes of at least 4 members (excludes halogenated alkanes) is 2. The van der Waals surface area contributed by atoms with Gasteiger partial charge in [-0.25, -0.2) is 4.79 Å². The molecule has 0 unspecified atom stereocenters. The first-order valence-electron chi connectivity index (χ1n) is 5.48. The van der Waals surface area contributed by atoms with Gasteiger partial charge in [0.05, 0.1) is 12.2 Å². The Bertz CT molecular complexity index is 382. The van der Waals surface area contributed by atoms with Crippen LogP contribution in [0.15, 0.2) is 22.7 Å². The Morgan fingerprint density at radius 1 is 1.35 bits per heavy atom. The van der Waals surface area contributed by atoms with E-state index in [1.807, 2.05) is 0 Å². The van der Waals surface area contributed by atoms with Gasteiger partial charge in [0.2, 0.25) is 0 Å². The number of ether oxygens (including phenoxy) is 1. The van der Waals surface area contributed by atoms with E-state index in [0.29, 0.717) is 17.9 Å². The van der Waals surface area contributed by atoms with E-state index < -0.39 is 0 Å². The molecule has 0 aliphatic heterocycles. The van der Waals surface area contributed by atoms with Gasteiger partial charge in [-0.05, 0) is 53.4 Å². The number of aliphatic hydroxyl groups is 1. The van der Waals surface area contributed by atoms with Gasteiger partial charge >= 0.3 is 5.97 Å². The minimum absolute atomic E-state index is 0.178. The second kappa shape index (κ2) is 7.29. The molecule has 0 aromatic heterocycles. The van der Waals surface area contributed by atoms with Crippen molar-refractivity contribution < 1.29 is 14.6 Å². The molecule has 3 N–H and O–H groups in total. The average Bonchev–Trinajstić information content (AvgIpc) is 2.32. The van der Waals surface area contributed by atoms with E-state index in [1.54, 1.807) is 18.2 Å². The Labute approximate surface area is 109 Å². The summed E-state index contributed by atoms with van der Waals surface area (Å²) in [6, 6.07) is 4.97. The summed E-state index contributed by atoms with van der Waals surface area (Å²) in [6.45, 7) is 0.548. The molecule has 1 aromatic carbocycles. The molecule has 94 valence electrons. The number of nitrogens with two attached hydrogens (primary N) is 1. The summed E-state index contributed by atoms with van der Waals surface area (Å²) in [5, 5.41) is 8.58. The zero-order chi connectivity index (χ0) is 12.7. The van der Waals surface area contributed by atoms with E-state index in [-0.39, 0.29) is 12.6 Å². The van der Waals surface area contributed by atoms with E-state index in [2.05, 4.69) is 15.9 Å². The number of rotatable bonds is 6. The highest BCUT2D eigenvalue weighted by Gasteiger charge is 2.08. The van der Waals surface area contributed by atoms with Crippen molar-refractivity contribution in [3.05, 3.63) is 28.2 Å². The first-order valence-corrected chi connectivity index (χ1v) is 6.27. The van der Waals surface area contributed by atoms with Crippen molar-refractivity contribution >= 4 is 27.6 Å². The van der Waals surface area contributed by atoms with Crippen LogP contribution in [0.4, 0.5) is 5.69 Å². The summed E-state index contributed by atoms with van der Waals surface area (Å²) in [7, 11) is 0. The molecule has 0 atom stereocenters. The zero-order valence-corrected chi connectivity index (χ0v) is 11.1. The van der Waals surface area contributed by atoms with Gasteiger partial charge in [-0.2, -0.15) is 0 Å². The van der Waals surface area contributed by atoms with Crippen LogP contribution in [-0.4, -0.2) is 24.3 Å².